The molecule has 0 radical (unpaired) electrons. The van der Waals surface area contributed by atoms with Crippen LogP contribution < -0.4 is 16.0 Å². The Bertz CT molecular complexity index is 1630. The summed E-state index contributed by atoms with van der Waals surface area (Å²) in [6, 6.07) is 16.3. The summed E-state index contributed by atoms with van der Waals surface area (Å²) in [6.07, 6.45) is 1.38. The number of aromatic nitrogens is 2. The first-order chi connectivity index (χ1) is 20.1. The second-order valence-electron chi connectivity index (χ2n) is 10.8. The molecular weight excluding hydrogens is 595 g/mol. The number of halogens is 2. The third-order valence-electron chi connectivity index (χ3n) is 7.16. The van der Waals surface area contributed by atoms with Crippen molar-refractivity contribution in [1.82, 2.24) is 15.5 Å². The molecule has 2 aliphatic rings. The van der Waals surface area contributed by atoms with Gasteiger partial charge in [-0.05, 0) is 36.0 Å². The highest BCUT2D eigenvalue weighted by Crippen LogP contribution is 2.52. The van der Waals surface area contributed by atoms with Crippen molar-refractivity contribution in [2.45, 2.75) is 43.4 Å². The Morgan fingerprint density at radius 3 is 2.71 bits per heavy atom. The van der Waals surface area contributed by atoms with Crippen molar-refractivity contribution in [3.63, 3.8) is 0 Å². The average molecular weight is 623 g/mol. The number of rotatable bonds is 8. The molecule has 0 spiro atoms. The minimum atomic E-state index is -1.04. The highest BCUT2D eigenvalue weighted by atomic mass is 35.5. The lowest BCUT2D eigenvalue weighted by molar-refractivity contribution is -0.119. The van der Waals surface area contributed by atoms with Gasteiger partial charge in [-0.1, -0.05) is 84.9 Å². The monoisotopic (exact) mass is 622 g/mol. The van der Waals surface area contributed by atoms with Crippen molar-refractivity contribution >= 4 is 51.5 Å². The van der Waals surface area contributed by atoms with Crippen LogP contribution in [0.2, 0.25) is 5.02 Å². The first kappa shape index (κ1) is 29.8. The van der Waals surface area contributed by atoms with Gasteiger partial charge in [-0.3, -0.25) is 14.5 Å². The number of hydrogen-bond acceptors (Lipinski definition) is 9. The molecule has 8 nitrogen and oxygen atoms in total. The van der Waals surface area contributed by atoms with Crippen LogP contribution in [0, 0.1) is 22.6 Å². The molecule has 1 aliphatic heterocycles. The van der Waals surface area contributed by atoms with Crippen LogP contribution in [0.4, 0.5) is 9.52 Å². The van der Waals surface area contributed by atoms with E-state index in [9.17, 15) is 14.9 Å². The Labute approximate surface area is 256 Å². The summed E-state index contributed by atoms with van der Waals surface area (Å²) in [7, 11) is 0. The molecule has 42 heavy (non-hydrogen) atoms. The van der Waals surface area contributed by atoms with Gasteiger partial charge in [0.05, 0.1) is 23.3 Å². The van der Waals surface area contributed by atoms with E-state index < -0.39 is 17.2 Å². The minimum Gasteiger partial charge on any atom is -0.384 e. The molecule has 0 fully saturated rings. The third kappa shape index (κ3) is 6.07. The number of anilines is 1. The summed E-state index contributed by atoms with van der Waals surface area (Å²) in [5.41, 5.74) is 8.22. The normalized spacial score (nSPS) is 18.1. The molecule has 0 saturated heterocycles. The van der Waals surface area contributed by atoms with Gasteiger partial charge in [0.1, 0.15) is 11.6 Å². The Hall–Kier alpha value is -3.72. The van der Waals surface area contributed by atoms with Crippen molar-refractivity contribution in [3.8, 4) is 6.07 Å². The zero-order valence-electron chi connectivity index (χ0n) is 23.0. The molecule has 12 heteroatoms. The smallest absolute Gasteiger partial charge is 0.230 e. The van der Waals surface area contributed by atoms with Crippen LogP contribution in [0.3, 0.4) is 0 Å². The summed E-state index contributed by atoms with van der Waals surface area (Å²) >= 11 is 8.86. The minimum absolute atomic E-state index is 0.0102. The molecule has 3 N–H and O–H groups in total. The van der Waals surface area contributed by atoms with Gasteiger partial charge in [0.15, 0.2) is 10.1 Å². The number of allylic oxidation sites excluding steroid dienone is 3. The summed E-state index contributed by atoms with van der Waals surface area (Å²) < 4.78 is 15.7. The third-order valence-corrected chi connectivity index (χ3v) is 9.53. The zero-order chi connectivity index (χ0) is 30.0. The highest BCUT2D eigenvalue weighted by molar-refractivity contribution is 8.01. The van der Waals surface area contributed by atoms with E-state index in [0.717, 1.165) is 12.0 Å². The second-order valence-corrected chi connectivity index (χ2v) is 13.4. The van der Waals surface area contributed by atoms with Crippen LogP contribution in [0.1, 0.15) is 43.7 Å². The van der Waals surface area contributed by atoms with E-state index in [0.29, 0.717) is 28.1 Å². The molecule has 1 unspecified atom stereocenters. The average Bonchev–Trinajstić information content (AvgIpc) is 3.40. The van der Waals surface area contributed by atoms with Crippen molar-refractivity contribution in [2.24, 2.45) is 11.1 Å². The van der Waals surface area contributed by atoms with E-state index in [4.69, 9.17) is 17.3 Å². The molecule has 0 bridgehead atoms. The van der Waals surface area contributed by atoms with Gasteiger partial charge in [-0.2, -0.15) is 5.26 Å². The predicted octanol–water partition coefficient (Wildman–Crippen LogP) is 5.72. The van der Waals surface area contributed by atoms with Gasteiger partial charge in [0, 0.05) is 34.8 Å². The van der Waals surface area contributed by atoms with Gasteiger partial charge >= 0.3 is 0 Å². The molecule has 0 saturated carbocycles. The van der Waals surface area contributed by atoms with E-state index in [1.54, 1.807) is 4.90 Å². The summed E-state index contributed by atoms with van der Waals surface area (Å²) in [5.74, 6) is -1.82. The molecule has 3 aromatic rings. The number of ketones is 1. The fraction of sp³-hybridized carbons (Fsp3) is 0.300. The summed E-state index contributed by atoms with van der Waals surface area (Å²) in [6.45, 7) is 4.45. The number of Topliss-reactive ketones (excluding diaryl/α,β-unsaturated/α-hetero) is 1. The maximum absolute atomic E-state index is 15.2. The Morgan fingerprint density at radius 2 is 2.00 bits per heavy atom. The number of nitrogens with zero attached hydrogens (tertiary/aromatic N) is 4. The summed E-state index contributed by atoms with van der Waals surface area (Å²) in [4.78, 5) is 27.7. The number of thioether (sulfide) groups is 1. The number of carbonyl (C=O) groups excluding carboxylic acids is 2. The van der Waals surface area contributed by atoms with Crippen molar-refractivity contribution in [2.75, 3.05) is 17.2 Å². The van der Waals surface area contributed by atoms with E-state index >= 15 is 4.39 Å². The van der Waals surface area contributed by atoms with Crippen LogP contribution >= 0.6 is 34.7 Å². The van der Waals surface area contributed by atoms with E-state index in [2.05, 4.69) is 21.6 Å². The molecule has 2 heterocycles. The maximum atomic E-state index is 15.2. The quantitative estimate of drug-likeness (QED) is 0.306. The number of benzene rings is 2. The molecule has 1 aliphatic carbocycles. The molecule has 216 valence electrons. The first-order valence-electron chi connectivity index (χ1n) is 13.3. The molecular formula is C30H28ClFN6O2S2. The van der Waals surface area contributed by atoms with Gasteiger partial charge in [-0.15, -0.1) is 10.2 Å². The lowest BCUT2D eigenvalue weighted by Crippen LogP contribution is -2.42. The van der Waals surface area contributed by atoms with Crippen LogP contribution in [0.15, 0.2) is 75.5 Å². The number of carbonyl (C=O) groups is 2. The van der Waals surface area contributed by atoms with Gasteiger partial charge in [0.2, 0.25) is 11.0 Å². The fourth-order valence-corrected chi connectivity index (χ4v) is 7.31. The van der Waals surface area contributed by atoms with E-state index in [1.807, 2.05) is 44.2 Å². The topological polar surface area (TPSA) is 125 Å². The number of amides is 1. The molecule has 5 rings (SSSR count). The number of hydrogen-bond donors (Lipinski definition) is 2. The SMILES string of the molecule is CC1(C)CC(=O)C2=C(C1)N(c1nnc(SCC(=O)NCCc3ccccc3)s1)C(N)=C(C#N)C2c1c(F)cccc1Cl. The number of nitrogens with two attached hydrogens (primary N) is 1. The Kier molecular flexibility index (Phi) is 8.68. The van der Waals surface area contributed by atoms with Gasteiger partial charge in [-0.25, -0.2) is 4.39 Å². The maximum Gasteiger partial charge on any atom is 0.230 e. The molecule has 1 amide bonds. The van der Waals surface area contributed by atoms with Crippen LogP contribution in [-0.2, 0) is 16.0 Å². The van der Waals surface area contributed by atoms with Crippen molar-refractivity contribution < 1.29 is 14.0 Å². The predicted molar refractivity (Wildman–Crippen MR) is 162 cm³/mol. The lowest BCUT2D eigenvalue weighted by atomic mass is 9.68. The summed E-state index contributed by atoms with van der Waals surface area (Å²) in [5, 5.41) is 22.1. The number of nitriles is 1. The van der Waals surface area contributed by atoms with Gasteiger partial charge in [0.25, 0.3) is 0 Å². The van der Waals surface area contributed by atoms with E-state index in [1.165, 1.54) is 41.3 Å². The van der Waals surface area contributed by atoms with Crippen molar-refractivity contribution in [3.05, 3.63) is 93.2 Å². The van der Waals surface area contributed by atoms with Crippen LogP contribution in [0.25, 0.3) is 0 Å². The van der Waals surface area contributed by atoms with Crippen LogP contribution in [-0.4, -0.2) is 34.2 Å². The molecule has 1 atom stereocenters. The first-order valence-corrected chi connectivity index (χ1v) is 15.4. The Balaban J connectivity index is 1.42. The highest BCUT2D eigenvalue weighted by Gasteiger charge is 2.46. The van der Waals surface area contributed by atoms with Crippen molar-refractivity contribution in [1.29, 1.82) is 5.26 Å². The van der Waals surface area contributed by atoms with E-state index in [-0.39, 0.29) is 51.4 Å². The van der Waals surface area contributed by atoms with Gasteiger partial charge < -0.3 is 11.1 Å². The Morgan fingerprint density at radius 1 is 1.24 bits per heavy atom. The molecule has 2 aromatic carbocycles. The molecule has 1 aromatic heterocycles. The van der Waals surface area contributed by atoms with Crippen LogP contribution in [0.5, 0.6) is 0 Å². The fourth-order valence-electron chi connectivity index (χ4n) is 5.32. The largest absolute Gasteiger partial charge is 0.384 e. The standard InChI is InChI=1S/C30H28ClFN6O2S2/c1-30(2)13-21-26(22(39)14-30)24(25-19(31)9-6-10-20(25)32)18(15-33)27(34)38(21)28-36-37-29(42-28)41-16-23(40)35-12-11-17-7-4-3-5-8-17/h3-10,24H,11-14,16,34H2,1-2H3,(H,35,40). The zero-order valence-corrected chi connectivity index (χ0v) is 25.4. The lowest BCUT2D eigenvalue weighted by Gasteiger charge is -2.42. The second kappa shape index (κ2) is 12.3. The number of nitrogens with one attached hydrogen (secondary N) is 1.